The summed E-state index contributed by atoms with van der Waals surface area (Å²) in [6.45, 7) is 0.224. The van der Waals surface area contributed by atoms with Gasteiger partial charge in [-0.25, -0.2) is 0 Å². The molecule has 0 amide bonds. The zero-order valence-corrected chi connectivity index (χ0v) is 13.7. The van der Waals surface area contributed by atoms with Gasteiger partial charge in [-0.2, -0.15) is 22.7 Å². The normalized spacial score (nSPS) is 21.9. The van der Waals surface area contributed by atoms with Crippen LogP contribution < -0.4 is 4.72 Å². The molecule has 1 aliphatic rings. The fraction of sp³-hybridized carbons (Fsp3) is 0.562. The minimum Gasteiger partial charge on any atom is -0.199 e. The molecule has 0 bridgehead atoms. The molecule has 0 spiro atoms. The second kappa shape index (κ2) is 7.73. The summed E-state index contributed by atoms with van der Waals surface area (Å²) in [7, 11) is -1.99. The average Bonchev–Trinajstić information content (AvgIpc) is 2.92. The third kappa shape index (κ3) is 4.54. The Kier molecular flexibility index (Phi) is 5.95. The molecule has 0 radical (unpaired) electrons. The molecule has 0 heterocycles. The fourth-order valence-corrected chi connectivity index (χ4v) is 4.17. The zero-order valence-electron chi connectivity index (χ0n) is 12.9. The second-order valence-corrected chi connectivity index (χ2v) is 7.65. The molecule has 2 rings (SSSR count). The Morgan fingerprint density at radius 1 is 1.32 bits per heavy atom. The van der Waals surface area contributed by atoms with E-state index in [0.717, 1.165) is 25.7 Å². The maximum atomic E-state index is 12.3. The molecule has 0 saturated heterocycles. The molecule has 5 nitrogen and oxygen atoms in total. The van der Waals surface area contributed by atoms with Crippen molar-refractivity contribution in [2.24, 2.45) is 5.92 Å². The Morgan fingerprint density at radius 3 is 2.73 bits per heavy atom. The van der Waals surface area contributed by atoms with Crippen LogP contribution in [0.2, 0.25) is 0 Å². The van der Waals surface area contributed by atoms with Crippen LogP contribution in [0.15, 0.2) is 30.3 Å². The minimum atomic E-state index is -3.51. The van der Waals surface area contributed by atoms with Crippen LogP contribution in [0.1, 0.15) is 31.2 Å². The number of benzene rings is 1. The highest BCUT2D eigenvalue weighted by Gasteiger charge is 2.32. The SMILES string of the molecule is CN(CCC#N)S(=O)(=O)N[C@@H]1CCC[C@@H]1Cc1ccccc1. The average molecular weight is 321 g/mol. The minimum absolute atomic E-state index is 0.0188. The summed E-state index contributed by atoms with van der Waals surface area (Å²) in [4.78, 5) is 0. The molecule has 120 valence electrons. The highest BCUT2D eigenvalue weighted by atomic mass is 32.2. The lowest BCUT2D eigenvalue weighted by molar-refractivity contribution is 0.411. The molecule has 1 aliphatic carbocycles. The zero-order chi connectivity index (χ0) is 16.0. The van der Waals surface area contributed by atoms with Crippen molar-refractivity contribution < 1.29 is 8.42 Å². The van der Waals surface area contributed by atoms with Gasteiger partial charge in [-0.05, 0) is 30.7 Å². The van der Waals surface area contributed by atoms with Gasteiger partial charge in [-0.3, -0.25) is 0 Å². The van der Waals surface area contributed by atoms with Crippen LogP contribution in [0.25, 0.3) is 0 Å². The second-order valence-electron chi connectivity index (χ2n) is 5.84. The lowest BCUT2D eigenvalue weighted by atomic mass is 9.95. The van der Waals surface area contributed by atoms with Gasteiger partial charge in [0.25, 0.3) is 10.2 Å². The van der Waals surface area contributed by atoms with Crippen molar-refractivity contribution in [3.05, 3.63) is 35.9 Å². The Balaban J connectivity index is 1.97. The largest absolute Gasteiger partial charge is 0.279 e. The smallest absolute Gasteiger partial charge is 0.199 e. The highest BCUT2D eigenvalue weighted by Crippen LogP contribution is 2.29. The summed E-state index contributed by atoms with van der Waals surface area (Å²) in [6, 6.07) is 12.1. The van der Waals surface area contributed by atoms with Gasteiger partial charge in [0.1, 0.15) is 0 Å². The molecule has 1 aromatic carbocycles. The van der Waals surface area contributed by atoms with E-state index >= 15 is 0 Å². The van der Waals surface area contributed by atoms with Crippen molar-refractivity contribution >= 4 is 10.2 Å². The Hall–Kier alpha value is -1.42. The molecule has 1 fully saturated rings. The van der Waals surface area contributed by atoms with Gasteiger partial charge >= 0.3 is 0 Å². The lowest BCUT2D eigenvalue weighted by Crippen LogP contribution is -2.45. The maximum absolute atomic E-state index is 12.3. The van der Waals surface area contributed by atoms with E-state index in [9.17, 15) is 8.42 Å². The predicted molar refractivity (Wildman–Crippen MR) is 86.2 cm³/mol. The van der Waals surface area contributed by atoms with Gasteiger partial charge in [0, 0.05) is 26.1 Å². The van der Waals surface area contributed by atoms with Crippen LogP contribution in [0.4, 0.5) is 0 Å². The van der Waals surface area contributed by atoms with Gasteiger partial charge in [-0.15, -0.1) is 0 Å². The van der Waals surface area contributed by atoms with Crippen molar-refractivity contribution in [3.63, 3.8) is 0 Å². The predicted octanol–water partition coefficient (Wildman–Crippen LogP) is 2.08. The molecule has 0 aromatic heterocycles. The molecule has 2 atom stereocenters. The van der Waals surface area contributed by atoms with Crippen molar-refractivity contribution in [2.45, 2.75) is 38.1 Å². The van der Waals surface area contributed by atoms with Crippen molar-refractivity contribution in [3.8, 4) is 6.07 Å². The van der Waals surface area contributed by atoms with Crippen molar-refractivity contribution in [1.29, 1.82) is 5.26 Å². The highest BCUT2D eigenvalue weighted by molar-refractivity contribution is 7.87. The lowest BCUT2D eigenvalue weighted by Gasteiger charge is -2.24. The molecule has 1 saturated carbocycles. The number of rotatable bonds is 7. The summed E-state index contributed by atoms with van der Waals surface area (Å²) in [5, 5.41) is 8.58. The number of nitrogens with one attached hydrogen (secondary N) is 1. The third-order valence-corrected chi connectivity index (χ3v) is 5.85. The van der Waals surface area contributed by atoms with E-state index in [0.29, 0.717) is 5.92 Å². The van der Waals surface area contributed by atoms with Gasteiger partial charge in [0.15, 0.2) is 0 Å². The molecule has 0 unspecified atom stereocenters. The topological polar surface area (TPSA) is 73.2 Å². The first-order chi connectivity index (χ1) is 10.5. The molecule has 1 aromatic rings. The van der Waals surface area contributed by atoms with Crippen LogP contribution in [-0.2, 0) is 16.6 Å². The van der Waals surface area contributed by atoms with Crippen molar-refractivity contribution in [1.82, 2.24) is 9.03 Å². The molecule has 0 aliphatic heterocycles. The van der Waals surface area contributed by atoms with Crippen molar-refractivity contribution in [2.75, 3.05) is 13.6 Å². The van der Waals surface area contributed by atoms with Crippen LogP contribution in [0.5, 0.6) is 0 Å². The van der Waals surface area contributed by atoms with E-state index < -0.39 is 10.2 Å². The Bertz CT molecular complexity index is 610. The molecular weight excluding hydrogens is 298 g/mol. The van der Waals surface area contributed by atoms with Crippen LogP contribution in [-0.4, -0.2) is 32.4 Å². The molecule has 6 heteroatoms. The third-order valence-electron chi connectivity index (χ3n) is 4.25. The van der Waals surface area contributed by atoms with Crippen LogP contribution in [0, 0.1) is 17.2 Å². The van der Waals surface area contributed by atoms with E-state index in [4.69, 9.17) is 5.26 Å². The van der Waals surface area contributed by atoms with E-state index in [1.54, 1.807) is 0 Å². The van der Waals surface area contributed by atoms with Gasteiger partial charge < -0.3 is 0 Å². The van der Waals surface area contributed by atoms with Gasteiger partial charge in [0.05, 0.1) is 6.07 Å². The summed E-state index contributed by atoms with van der Waals surface area (Å²) >= 11 is 0. The quantitative estimate of drug-likeness (QED) is 0.835. The van der Waals surface area contributed by atoms with E-state index in [-0.39, 0.29) is 19.0 Å². The number of hydrogen-bond donors (Lipinski definition) is 1. The molecule has 22 heavy (non-hydrogen) atoms. The van der Waals surface area contributed by atoms with Crippen LogP contribution >= 0.6 is 0 Å². The van der Waals surface area contributed by atoms with E-state index in [2.05, 4.69) is 16.9 Å². The fourth-order valence-electron chi connectivity index (χ4n) is 2.96. The first kappa shape index (κ1) is 16.9. The first-order valence-electron chi connectivity index (χ1n) is 7.67. The number of nitrogens with zero attached hydrogens (tertiary/aromatic N) is 2. The van der Waals surface area contributed by atoms with Crippen LogP contribution in [0.3, 0.4) is 0 Å². The summed E-state index contributed by atoms with van der Waals surface area (Å²) < 4.78 is 28.6. The Labute approximate surface area is 133 Å². The summed E-state index contributed by atoms with van der Waals surface area (Å²) in [6.07, 6.45) is 4.07. The monoisotopic (exact) mass is 321 g/mol. The number of nitriles is 1. The van der Waals surface area contributed by atoms with E-state index in [1.165, 1.54) is 16.9 Å². The van der Waals surface area contributed by atoms with Gasteiger partial charge in [-0.1, -0.05) is 36.8 Å². The Morgan fingerprint density at radius 2 is 2.05 bits per heavy atom. The standard InChI is InChI=1S/C16H23N3O2S/c1-19(12-6-11-17)22(20,21)18-16-10-5-9-15(16)13-14-7-3-2-4-8-14/h2-4,7-8,15-16,18H,5-6,9-10,12-13H2,1H3/t15-,16-/m1/s1. The molecule has 1 N–H and O–H groups in total. The first-order valence-corrected chi connectivity index (χ1v) is 9.11. The molecular formula is C16H23N3O2S. The van der Waals surface area contributed by atoms with Gasteiger partial charge in [0.2, 0.25) is 0 Å². The maximum Gasteiger partial charge on any atom is 0.279 e. The summed E-state index contributed by atoms with van der Waals surface area (Å²) in [5.41, 5.74) is 1.25. The van der Waals surface area contributed by atoms with E-state index in [1.807, 2.05) is 24.3 Å². The number of hydrogen-bond acceptors (Lipinski definition) is 3. The summed E-state index contributed by atoms with van der Waals surface area (Å²) in [5.74, 6) is 0.335.